The second-order valence-corrected chi connectivity index (χ2v) is 5.04. The van der Waals surface area contributed by atoms with Crippen molar-refractivity contribution in [3.05, 3.63) is 26.9 Å². The van der Waals surface area contributed by atoms with Crippen LogP contribution in [0.3, 0.4) is 0 Å². The van der Waals surface area contributed by atoms with E-state index < -0.39 is 12.0 Å². The number of carbonyl (C=O) groups is 2. The van der Waals surface area contributed by atoms with Crippen LogP contribution in [0, 0.1) is 0 Å². The zero-order chi connectivity index (χ0) is 13.5. The maximum absolute atomic E-state index is 11.4. The number of nitrogens with one attached hydrogen (secondary N) is 2. The molecule has 1 aromatic rings. The van der Waals surface area contributed by atoms with Gasteiger partial charge in [-0.3, -0.25) is 9.78 Å². The highest BCUT2D eigenvalue weighted by Gasteiger charge is 2.07. The van der Waals surface area contributed by atoms with Crippen molar-refractivity contribution in [1.29, 1.82) is 0 Å². The van der Waals surface area contributed by atoms with Crippen LogP contribution in [0.4, 0.5) is 4.79 Å². The Bertz CT molecular complexity index is 434. The van der Waals surface area contributed by atoms with E-state index in [-0.39, 0.29) is 13.0 Å². The normalized spacial score (nSPS) is 9.89. The van der Waals surface area contributed by atoms with Crippen molar-refractivity contribution in [2.45, 2.75) is 13.0 Å². The predicted octanol–water partition coefficient (Wildman–Crippen LogP) is 1.88. The van der Waals surface area contributed by atoms with E-state index >= 15 is 0 Å². The maximum Gasteiger partial charge on any atom is 0.315 e. The third-order valence-corrected chi connectivity index (χ3v) is 3.37. The number of halogens is 2. The Kier molecular flexibility index (Phi) is 6.06. The maximum atomic E-state index is 11.4. The largest absolute Gasteiger partial charge is 0.481 e. The van der Waals surface area contributed by atoms with Crippen LogP contribution >= 0.6 is 31.9 Å². The molecule has 98 valence electrons. The van der Waals surface area contributed by atoms with Gasteiger partial charge in [-0.1, -0.05) is 0 Å². The van der Waals surface area contributed by atoms with Gasteiger partial charge in [-0.15, -0.1) is 0 Å². The second kappa shape index (κ2) is 7.32. The molecule has 8 heteroatoms. The average Bonchev–Trinajstić information content (AvgIpc) is 2.27. The Labute approximate surface area is 120 Å². The lowest BCUT2D eigenvalue weighted by Gasteiger charge is -2.09. The molecule has 1 aromatic heterocycles. The summed E-state index contributed by atoms with van der Waals surface area (Å²) in [7, 11) is 0. The molecule has 0 atom stereocenters. The molecule has 0 aliphatic heterocycles. The molecule has 6 nitrogen and oxygen atoms in total. The van der Waals surface area contributed by atoms with E-state index in [1.807, 2.05) is 0 Å². The van der Waals surface area contributed by atoms with Crippen LogP contribution in [-0.4, -0.2) is 28.6 Å². The molecular weight excluding hydrogens is 370 g/mol. The Morgan fingerprint density at radius 3 is 2.39 bits per heavy atom. The summed E-state index contributed by atoms with van der Waals surface area (Å²) in [5.41, 5.74) is 0.860. The minimum Gasteiger partial charge on any atom is -0.481 e. The summed E-state index contributed by atoms with van der Waals surface area (Å²) >= 11 is 6.65. The third-order valence-electron chi connectivity index (χ3n) is 2.00. The molecule has 0 spiro atoms. The standard InChI is InChI=1S/C10H11Br2N3O3/c11-7-4-13-5-8(12)6(7)3-15-10(18)14-2-1-9(16)17/h4-5H,1-3H2,(H,16,17)(H2,14,15,18). The molecule has 1 rings (SSSR count). The molecule has 0 aliphatic rings. The van der Waals surface area contributed by atoms with E-state index in [4.69, 9.17) is 5.11 Å². The van der Waals surface area contributed by atoms with Crippen LogP contribution < -0.4 is 10.6 Å². The lowest BCUT2D eigenvalue weighted by Crippen LogP contribution is -2.36. The van der Waals surface area contributed by atoms with Gasteiger partial charge in [0.1, 0.15) is 0 Å². The number of urea groups is 1. The first kappa shape index (κ1) is 14.9. The first-order valence-electron chi connectivity index (χ1n) is 5.02. The molecule has 0 bridgehead atoms. The van der Waals surface area contributed by atoms with Gasteiger partial charge < -0.3 is 15.7 Å². The molecule has 0 aliphatic carbocycles. The number of aliphatic carboxylic acids is 1. The fraction of sp³-hybridized carbons (Fsp3) is 0.300. The molecular formula is C10H11Br2N3O3. The van der Waals surface area contributed by atoms with Gasteiger partial charge in [0.2, 0.25) is 0 Å². The second-order valence-electron chi connectivity index (χ2n) is 3.33. The van der Waals surface area contributed by atoms with Crippen LogP contribution in [-0.2, 0) is 11.3 Å². The Balaban J connectivity index is 2.40. The molecule has 0 aromatic carbocycles. The first-order valence-corrected chi connectivity index (χ1v) is 6.60. The molecule has 3 N–H and O–H groups in total. The van der Waals surface area contributed by atoms with Crippen LogP contribution in [0.2, 0.25) is 0 Å². The van der Waals surface area contributed by atoms with Crippen LogP contribution in [0.25, 0.3) is 0 Å². The molecule has 0 unspecified atom stereocenters. The molecule has 0 fully saturated rings. The molecule has 0 saturated heterocycles. The summed E-state index contributed by atoms with van der Waals surface area (Å²) < 4.78 is 1.56. The number of carboxylic acids is 1. The van der Waals surface area contributed by atoms with Gasteiger partial charge in [0.25, 0.3) is 0 Å². The van der Waals surface area contributed by atoms with E-state index in [0.29, 0.717) is 6.54 Å². The first-order chi connectivity index (χ1) is 8.50. The van der Waals surface area contributed by atoms with Gasteiger partial charge in [-0.2, -0.15) is 0 Å². The number of hydrogen-bond donors (Lipinski definition) is 3. The zero-order valence-electron chi connectivity index (χ0n) is 9.24. The van der Waals surface area contributed by atoms with Crippen LogP contribution in [0.1, 0.15) is 12.0 Å². The van der Waals surface area contributed by atoms with E-state index in [2.05, 4.69) is 47.5 Å². The fourth-order valence-electron chi connectivity index (χ4n) is 1.12. The zero-order valence-corrected chi connectivity index (χ0v) is 12.4. The van der Waals surface area contributed by atoms with Crippen LogP contribution in [0.5, 0.6) is 0 Å². The molecule has 2 amide bonds. The highest BCUT2D eigenvalue weighted by molar-refractivity contribution is 9.11. The SMILES string of the molecule is O=C(O)CCNC(=O)NCc1c(Br)cncc1Br. The minimum absolute atomic E-state index is 0.0971. The number of carboxylic acid groups (broad SMARTS) is 1. The monoisotopic (exact) mass is 379 g/mol. The van der Waals surface area contributed by atoms with Crippen molar-refractivity contribution in [3.63, 3.8) is 0 Å². The summed E-state index contributed by atoms with van der Waals surface area (Å²) in [5.74, 6) is -0.949. The van der Waals surface area contributed by atoms with E-state index in [1.165, 1.54) is 0 Å². The highest BCUT2D eigenvalue weighted by atomic mass is 79.9. The van der Waals surface area contributed by atoms with Gasteiger partial charge in [-0.05, 0) is 31.9 Å². The lowest BCUT2D eigenvalue weighted by atomic mass is 10.3. The van der Waals surface area contributed by atoms with E-state index in [1.54, 1.807) is 12.4 Å². The van der Waals surface area contributed by atoms with Gasteiger partial charge in [0.15, 0.2) is 0 Å². The predicted molar refractivity (Wildman–Crippen MR) is 72.1 cm³/mol. The number of amides is 2. The Hall–Kier alpha value is -1.15. The summed E-state index contributed by atoms with van der Waals surface area (Å²) in [5, 5.41) is 13.5. The van der Waals surface area contributed by atoms with Crippen molar-refractivity contribution in [3.8, 4) is 0 Å². The van der Waals surface area contributed by atoms with Crippen molar-refractivity contribution in [2.24, 2.45) is 0 Å². The highest BCUT2D eigenvalue weighted by Crippen LogP contribution is 2.23. The summed E-state index contributed by atoms with van der Waals surface area (Å²) in [6.45, 7) is 0.405. The molecule has 0 saturated carbocycles. The van der Waals surface area contributed by atoms with Gasteiger partial charge in [-0.25, -0.2) is 4.79 Å². The molecule has 0 radical (unpaired) electrons. The van der Waals surface area contributed by atoms with Crippen LogP contribution in [0.15, 0.2) is 21.3 Å². The van der Waals surface area contributed by atoms with Crippen molar-refractivity contribution < 1.29 is 14.7 Å². The van der Waals surface area contributed by atoms with Crippen molar-refractivity contribution >= 4 is 43.9 Å². The Morgan fingerprint density at radius 2 is 1.83 bits per heavy atom. The smallest absolute Gasteiger partial charge is 0.315 e. The lowest BCUT2D eigenvalue weighted by molar-refractivity contribution is -0.136. The van der Waals surface area contributed by atoms with Gasteiger partial charge in [0, 0.05) is 40.0 Å². The summed E-state index contributed by atoms with van der Waals surface area (Å²) in [6.07, 6.45) is 3.16. The average molecular weight is 381 g/mol. The molecule has 1 heterocycles. The summed E-state index contributed by atoms with van der Waals surface area (Å²) in [6, 6.07) is -0.410. The third kappa shape index (κ3) is 5.01. The topological polar surface area (TPSA) is 91.3 Å². The van der Waals surface area contributed by atoms with E-state index in [0.717, 1.165) is 14.5 Å². The number of carbonyl (C=O) groups excluding carboxylic acids is 1. The van der Waals surface area contributed by atoms with Crippen molar-refractivity contribution in [1.82, 2.24) is 15.6 Å². The number of aromatic nitrogens is 1. The number of rotatable bonds is 5. The minimum atomic E-state index is -0.949. The molecule has 18 heavy (non-hydrogen) atoms. The van der Waals surface area contributed by atoms with Gasteiger partial charge in [0.05, 0.1) is 6.42 Å². The Morgan fingerprint density at radius 1 is 1.22 bits per heavy atom. The number of hydrogen-bond acceptors (Lipinski definition) is 3. The van der Waals surface area contributed by atoms with Crippen molar-refractivity contribution in [2.75, 3.05) is 6.54 Å². The number of nitrogens with zero attached hydrogens (tertiary/aromatic N) is 1. The number of pyridine rings is 1. The quantitative estimate of drug-likeness (QED) is 0.727. The fourth-order valence-corrected chi connectivity index (χ4v) is 2.33. The van der Waals surface area contributed by atoms with E-state index in [9.17, 15) is 9.59 Å². The summed E-state index contributed by atoms with van der Waals surface area (Å²) in [4.78, 5) is 25.6. The van der Waals surface area contributed by atoms with Gasteiger partial charge >= 0.3 is 12.0 Å².